The SMILES string of the molecule is Cl.Cl.[CH2]=[Zr]([CH3])([CH2]CCO)([NH]C(C)(C)C)[CH]1c2ccccc2-c2ccccc21. The predicted molar refractivity (Wildman–Crippen MR) is 121 cm³/mol. The minimum atomic E-state index is -3.73. The van der Waals surface area contributed by atoms with E-state index in [2.05, 4.69) is 77.2 Å². The molecule has 150 valence electrons. The molecule has 0 saturated heterocycles. The summed E-state index contributed by atoms with van der Waals surface area (Å²) in [6.07, 6.45) is 0.815. The van der Waals surface area contributed by atoms with E-state index in [9.17, 15) is 5.11 Å². The fourth-order valence-corrected chi connectivity index (χ4v) is 20.4. The van der Waals surface area contributed by atoms with E-state index in [1.165, 1.54) is 22.3 Å². The van der Waals surface area contributed by atoms with Gasteiger partial charge in [0.25, 0.3) is 0 Å². The van der Waals surface area contributed by atoms with Gasteiger partial charge in [0.2, 0.25) is 0 Å². The number of hydrogen-bond donors (Lipinski definition) is 2. The van der Waals surface area contributed by atoms with E-state index >= 15 is 0 Å². The third-order valence-electron chi connectivity index (χ3n) is 5.45. The topological polar surface area (TPSA) is 32.3 Å². The van der Waals surface area contributed by atoms with Crippen LogP contribution in [0, 0.1) is 0 Å². The first-order valence-electron chi connectivity index (χ1n) is 9.29. The van der Waals surface area contributed by atoms with Crippen LogP contribution in [0.1, 0.15) is 41.9 Å². The van der Waals surface area contributed by atoms with E-state index in [1.54, 1.807) is 0 Å². The van der Waals surface area contributed by atoms with Gasteiger partial charge in [-0.25, -0.2) is 0 Å². The Labute approximate surface area is 177 Å². The number of nitrogens with one attached hydrogen (secondary N) is 1. The molecule has 2 N–H and O–H groups in total. The van der Waals surface area contributed by atoms with Crippen LogP contribution in [0.25, 0.3) is 11.1 Å². The van der Waals surface area contributed by atoms with Gasteiger partial charge in [-0.1, -0.05) is 0 Å². The summed E-state index contributed by atoms with van der Waals surface area (Å²) in [6.45, 7) is 6.94. The summed E-state index contributed by atoms with van der Waals surface area (Å²) in [7, 11) is 0. The quantitative estimate of drug-likeness (QED) is 0.550. The van der Waals surface area contributed by atoms with E-state index in [0.29, 0.717) is 3.63 Å². The fraction of sp³-hybridized carbons (Fsp3) is 0.409. The molecule has 5 heteroatoms. The van der Waals surface area contributed by atoms with Crippen LogP contribution in [0.15, 0.2) is 48.5 Å². The van der Waals surface area contributed by atoms with Crippen molar-refractivity contribution in [3.63, 3.8) is 0 Å². The van der Waals surface area contributed by atoms with Gasteiger partial charge in [0, 0.05) is 0 Å². The maximum absolute atomic E-state index is 9.55. The zero-order valence-electron chi connectivity index (χ0n) is 16.8. The van der Waals surface area contributed by atoms with E-state index < -0.39 is 18.6 Å². The van der Waals surface area contributed by atoms with Gasteiger partial charge in [-0.2, -0.15) is 0 Å². The fourth-order valence-electron chi connectivity index (χ4n) is 5.03. The number of hydrogen-bond acceptors (Lipinski definition) is 2. The van der Waals surface area contributed by atoms with Crippen molar-refractivity contribution in [2.24, 2.45) is 0 Å². The standard InChI is InChI=1S/C13H9.C4H10N.C3H7O.CH3.CH2.2ClH.Zr/c1-3-7-12-10(5-1)9-11-6-2-4-8-13(11)12;1-4(2,3)5;1-2-3-4;;;;;/h1-9H;5H,1-3H3;4H,1-3H2;1H3;1H2;2*1H;/q;-1;;;;;;+1. The molecule has 0 saturated carbocycles. The Morgan fingerprint density at radius 1 is 0.963 bits per heavy atom. The average Bonchev–Trinajstić information content (AvgIpc) is 2.87. The van der Waals surface area contributed by atoms with Crippen LogP contribution in [-0.4, -0.2) is 21.5 Å². The van der Waals surface area contributed by atoms with Crippen molar-refractivity contribution in [3.8, 4) is 11.1 Å². The predicted octanol–water partition coefficient (Wildman–Crippen LogP) is 5.87. The van der Waals surface area contributed by atoms with Gasteiger partial charge in [-0.15, -0.1) is 24.8 Å². The van der Waals surface area contributed by atoms with Gasteiger partial charge in [0.05, 0.1) is 0 Å². The summed E-state index contributed by atoms with van der Waals surface area (Å²) in [5.74, 6) is 0. The Balaban J connectivity index is 0.00000182. The van der Waals surface area contributed by atoms with Gasteiger partial charge in [0.1, 0.15) is 0 Å². The second-order valence-electron chi connectivity index (χ2n) is 9.21. The van der Waals surface area contributed by atoms with Crippen LogP contribution < -0.4 is 3.26 Å². The van der Waals surface area contributed by atoms with Crippen LogP contribution in [0.3, 0.4) is 0 Å². The Hall–Kier alpha value is -0.307. The second-order valence-corrected chi connectivity index (χ2v) is 24.3. The summed E-state index contributed by atoms with van der Waals surface area (Å²) in [5, 5.41) is 9.55. The molecule has 0 amide bonds. The Morgan fingerprint density at radius 3 is 1.81 bits per heavy atom. The molecule has 0 radical (unpaired) electrons. The van der Waals surface area contributed by atoms with Gasteiger partial charge in [-0.3, -0.25) is 0 Å². The molecular weight excluding hydrogens is 456 g/mol. The zero-order chi connectivity index (χ0) is 18.3. The first kappa shape index (κ1) is 24.7. The van der Waals surface area contributed by atoms with Gasteiger partial charge in [0.15, 0.2) is 0 Å². The normalized spacial score (nSPS) is 14.0. The van der Waals surface area contributed by atoms with E-state index in [0.717, 1.165) is 10.5 Å². The van der Waals surface area contributed by atoms with E-state index in [-0.39, 0.29) is 37.0 Å². The number of aliphatic hydroxyl groups excluding tert-OH is 1. The first-order valence-corrected chi connectivity index (χ1v) is 17.9. The summed E-state index contributed by atoms with van der Waals surface area (Å²) >= 11 is -3.73. The van der Waals surface area contributed by atoms with Crippen LogP contribution in [0.4, 0.5) is 0 Å². The van der Waals surface area contributed by atoms with Crippen molar-refractivity contribution < 1.29 is 23.7 Å². The first-order chi connectivity index (χ1) is 11.6. The Kier molecular flexibility index (Phi) is 7.87. The van der Waals surface area contributed by atoms with Gasteiger partial charge in [-0.05, 0) is 0 Å². The average molecular weight is 490 g/mol. The Morgan fingerprint density at radius 2 is 1.41 bits per heavy atom. The molecule has 0 atom stereocenters. The molecule has 1 aliphatic carbocycles. The molecule has 0 unspecified atom stereocenters. The molecule has 0 spiro atoms. The maximum atomic E-state index is 9.55. The van der Waals surface area contributed by atoms with Crippen LogP contribution >= 0.6 is 24.8 Å². The monoisotopic (exact) mass is 487 g/mol. The van der Waals surface area contributed by atoms with Gasteiger partial charge < -0.3 is 0 Å². The zero-order valence-corrected chi connectivity index (χ0v) is 20.9. The molecule has 2 nitrogen and oxygen atoms in total. The van der Waals surface area contributed by atoms with E-state index in [1.807, 2.05) is 0 Å². The van der Waals surface area contributed by atoms with Crippen LogP contribution in [0.5, 0.6) is 0 Å². The van der Waals surface area contributed by atoms with E-state index in [4.69, 9.17) is 4.21 Å². The molecule has 27 heavy (non-hydrogen) atoms. The van der Waals surface area contributed by atoms with Crippen molar-refractivity contribution in [2.75, 3.05) is 6.61 Å². The van der Waals surface area contributed by atoms with Crippen LogP contribution in [0.2, 0.25) is 8.76 Å². The molecule has 0 fully saturated rings. The molecule has 0 heterocycles. The van der Waals surface area contributed by atoms with Crippen molar-refractivity contribution >= 4 is 29.0 Å². The molecule has 2 aromatic rings. The summed E-state index contributed by atoms with van der Waals surface area (Å²) in [5.41, 5.74) is 5.55. The van der Waals surface area contributed by atoms with Crippen molar-refractivity contribution in [1.29, 1.82) is 0 Å². The number of aliphatic hydroxyl groups is 1. The number of benzene rings is 2. The number of halogens is 2. The number of rotatable bonds is 5. The molecule has 2 aromatic carbocycles. The van der Waals surface area contributed by atoms with Crippen molar-refractivity contribution in [2.45, 2.75) is 45.1 Å². The molecular formula is C22H33Cl2NOZr. The van der Waals surface area contributed by atoms with Crippen molar-refractivity contribution in [1.82, 2.24) is 3.26 Å². The third kappa shape index (κ3) is 4.82. The molecule has 0 aromatic heterocycles. The van der Waals surface area contributed by atoms with Gasteiger partial charge >= 0.3 is 154 Å². The molecule has 1 aliphatic rings. The minimum absolute atomic E-state index is 0. The summed E-state index contributed by atoms with van der Waals surface area (Å²) in [4.78, 5) is 0. The van der Waals surface area contributed by atoms with Crippen LogP contribution in [-0.2, 0) is 18.6 Å². The summed E-state index contributed by atoms with van der Waals surface area (Å²) < 4.78 is 12.8. The number of fused-ring (bicyclic) bond motifs is 3. The molecule has 0 aliphatic heterocycles. The third-order valence-corrected chi connectivity index (χ3v) is 19.1. The summed E-state index contributed by atoms with van der Waals surface area (Å²) in [6, 6.07) is 17.6. The van der Waals surface area contributed by atoms with Crippen molar-refractivity contribution in [3.05, 3.63) is 59.7 Å². The molecule has 0 bridgehead atoms. The Bertz CT molecular complexity index is 814. The molecule has 3 rings (SSSR count). The second kappa shape index (κ2) is 8.60.